The molecule has 0 saturated carbocycles. The lowest BCUT2D eigenvalue weighted by molar-refractivity contribution is -0.114. The fourth-order valence-electron chi connectivity index (χ4n) is 2.15. The molecule has 1 aromatic heterocycles. The molecule has 0 aliphatic heterocycles. The zero-order valence-electron chi connectivity index (χ0n) is 14.5. The molecule has 3 N–H and O–H groups in total. The molecule has 0 aliphatic rings. The number of nitrogens with zero attached hydrogens (tertiary/aromatic N) is 2. The summed E-state index contributed by atoms with van der Waals surface area (Å²) in [7, 11) is -3.97. The highest BCUT2D eigenvalue weighted by Crippen LogP contribution is 2.23. The van der Waals surface area contributed by atoms with Gasteiger partial charge in [-0.2, -0.15) is 8.42 Å². The topological polar surface area (TPSA) is 130 Å². The number of hydrogen-bond donors (Lipinski definition) is 3. The maximum Gasteiger partial charge on any atom is 0.291 e. The first-order valence-electron chi connectivity index (χ1n) is 7.94. The second kappa shape index (κ2) is 8.15. The summed E-state index contributed by atoms with van der Waals surface area (Å²) in [6.45, 7) is 1.38. The molecule has 0 saturated heterocycles. The van der Waals surface area contributed by atoms with Gasteiger partial charge in [0.1, 0.15) is 0 Å². The monoisotopic (exact) mass is 417 g/mol. The van der Waals surface area contributed by atoms with Crippen molar-refractivity contribution in [3.05, 3.63) is 60.2 Å². The predicted molar refractivity (Wildman–Crippen MR) is 106 cm³/mol. The van der Waals surface area contributed by atoms with Gasteiger partial charge in [-0.25, -0.2) is 0 Å². The third-order valence-corrected chi connectivity index (χ3v) is 5.94. The number of nitrogens with one attached hydrogen (secondary N) is 3. The molecular formula is C17H15N5O4S2. The van der Waals surface area contributed by atoms with E-state index in [2.05, 4.69) is 25.6 Å². The summed E-state index contributed by atoms with van der Waals surface area (Å²) in [6.07, 6.45) is 0. The van der Waals surface area contributed by atoms with Gasteiger partial charge in [-0.1, -0.05) is 29.5 Å². The molecule has 3 aromatic rings. The number of carbonyl (C=O) groups excluding carboxylic acids is 2. The van der Waals surface area contributed by atoms with Crippen LogP contribution in [0.3, 0.4) is 0 Å². The number of benzene rings is 2. The second-order valence-electron chi connectivity index (χ2n) is 5.56. The molecule has 3 rings (SSSR count). The van der Waals surface area contributed by atoms with Crippen LogP contribution in [0.4, 0.5) is 16.5 Å². The van der Waals surface area contributed by atoms with E-state index in [0.29, 0.717) is 16.9 Å². The van der Waals surface area contributed by atoms with Crippen molar-refractivity contribution in [2.75, 3.05) is 15.4 Å². The SMILES string of the molecule is CC(=O)Nc1ccc(NS(=O)(=O)c2nnc(NC(=O)c3ccccc3)s2)cc1. The lowest BCUT2D eigenvalue weighted by Crippen LogP contribution is -2.13. The van der Waals surface area contributed by atoms with E-state index < -0.39 is 15.9 Å². The van der Waals surface area contributed by atoms with Crippen LogP contribution >= 0.6 is 11.3 Å². The molecule has 2 amide bonds. The number of amides is 2. The van der Waals surface area contributed by atoms with Crippen molar-refractivity contribution in [3.63, 3.8) is 0 Å². The van der Waals surface area contributed by atoms with Crippen molar-refractivity contribution in [2.24, 2.45) is 0 Å². The minimum Gasteiger partial charge on any atom is -0.326 e. The summed E-state index contributed by atoms with van der Waals surface area (Å²) in [5, 5.41) is 12.5. The van der Waals surface area contributed by atoms with Crippen LogP contribution in [-0.4, -0.2) is 30.4 Å². The van der Waals surface area contributed by atoms with E-state index >= 15 is 0 Å². The molecule has 11 heteroatoms. The standard InChI is InChI=1S/C17H15N5O4S2/c1-11(23)18-13-7-9-14(10-8-13)22-28(25,26)17-21-20-16(27-17)19-15(24)12-5-3-2-4-6-12/h2-10,22H,1H3,(H,18,23)(H,19,20,24). The summed E-state index contributed by atoms with van der Waals surface area (Å²) in [5.74, 6) is -0.644. The Morgan fingerprint density at radius 3 is 2.18 bits per heavy atom. The van der Waals surface area contributed by atoms with E-state index in [1.165, 1.54) is 19.1 Å². The highest BCUT2D eigenvalue weighted by atomic mass is 32.2. The van der Waals surface area contributed by atoms with E-state index in [4.69, 9.17) is 0 Å². The van der Waals surface area contributed by atoms with Crippen molar-refractivity contribution in [1.82, 2.24) is 10.2 Å². The zero-order valence-corrected chi connectivity index (χ0v) is 16.2. The molecule has 144 valence electrons. The first-order chi connectivity index (χ1) is 13.3. The summed E-state index contributed by atoms with van der Waals surface area (Å²) in [5.41, 5.74) is 1.25. The van der Waals surface area contributed by atoms with Crippen molar-refractivity contribution in [2.45, 2.75) is 11.3 Å². The van der Waals surface area contributed by atoms with Crippen molar-refractivity contribution in [3.8, 4) is 0 Å². The molecule has 0 spiro atoms. The fraction of sp³-hybridized carbons (Fsp3) is 0.0588. The lowest BCUT2D eigenvalue weighted by atomic mass is 10.2. The van der Waals surface area contributed by atoms with Crippen molar-refractivity contribution >= 4 is 49.7 Å². The lowest BCUT2D eigenvalue weighted by Gasteiger charge is -2.06. The Morgan fingerprint density at radius 1 is 0.893 bits per heavy atom. The Bertz CT molecular complexity index is 1100. The van der Waals surface area contributed by atoms with Gasteiger partial charge in [-0.15, -0.1) is 10.2 Å². The molecular weight excluding hydrogens is 402 g/mol. The molecule has 0 aliphatic carbocycles. The number of aromatic nitrogens is 2. The molecule has 0 bridgehead atoms. The predicted octanol–water partition coefficient (Wildman–Crippen LogP) is 2.55. The van der Waals surface area contributed by atoms with Crippen LogP contribution in [0.15, 0.2) is 58.9 Å². The Kier molecular flexibility index (Phi) is 5.66. The van der Waals surface area contributed by atoms with Crippen LogP contribution in [0.2, 0.25) is 0 Å². The average molecular weight is 417 g/mol. The van der Waals surface area contributed by atoms with Crippen LogP contribution in [0.25, 0.3) is 0 Å². The number of sulfonamides is 1. The number of hydrogen-bond acceptors (Lipinski definition) is 7. The van der Waals surface area contributed by atoms with E-state index in [1.54, 1.807) is 42.5 Å². The normalized spacial score (nSPS) is 10.9. The van der Waals surface area contributed by atoms with Crippen LogP contribution in [0.1, 0.15) is 17.3 Å². The van der Waals surface area contributed by atoms with Gasteiger partial charge in [0.2, 0.25) is 11.0 Å². The van der Waals surface area contributed by atoms with Crippen LogP contribution in [0.5, 0.6) is 0 Å². The highest BCUT2D eigenvalue weighted by molar-refractivity contribution is 7.94. The molecule has 0 radical (unpaired) electrons. The molecule has 28 heavy (non-hydrogen) atoms. The molecule has 2 aromatic carbocycles. The van der Waals surface area contributed by atoms with Gasteiger partial charge in [0.25, 0.3) is 20.3 Å². The second-order valence-corrected chi connectivity index (χ2v) is 8.39. The molecule has 0 unspecified atom stereocenters. The largest absolute Gasteiger partial charge is 0.326 e. The van der Waals surface area contributed by atoms with Gasteiger partial charge in [0, 0.05) is 23.9 Å². The quantitative estimate of drug-likeness (QED) is 0.529. The van der Waals surface area contributed by atoms with Gasteiger partial charge < -0.3 is 5.32 Å². The summed E-state index contributed by atoms with van der Waals surface area (Å²) >= 11 is 0.732. The maximum absolute atomic E-state index is 12.4. The zero-order chi connectivity index (χ0) is 20.1. The number of carbonyl (C=O) groups is 2. The van der Waals surface area contributed by atoms with Gasteiger partial charge in [-0.05, 0) is 36.4 Å². The Labute approximate surface area is 164 Å². The van der Waals surface area contributed by atoms with Gasteiger partial charge in [0.15, 0.2) is 0 Å². The van der Waals surface area contributed by atoms with Gasteiger partial charge >= 0.3 is 0 Å². The number of rotatable bonds is 6. The van der Waals surface area contributed by atoms with Gasteiger partial charge in [-0.3, -0.25) is 19.6 Å². The molecule has 1 heterocycles. The third kappa shape index (κ3) is 4.90. The summed E-state index contributed by atoms with van der Waals surface area (Å²) in [6, 6.07) is 14.6. The minimum atomic E-state index is -3.97. The Morgan fingerprint density at radius 2 is 1.54 bits per heavy atom. The molecule has 9 nitrogen and oxygen atoms in total. The molecule has 0 fully saturated rings. The van der Waals surface area contributed by atoms with Crippen molar-refractivity contribution < 1.29 is 18.0 Å². The van der Waals surface area contributed by atoms with Crippen LogP contribution in [0, 0.1) is 0 Å². The number of anilines is 3. The van der Waals surface area contributed by atoms with E-state index in [0.717, 1.165) is 11.3 Å². The van der Waals surface area contributed by atoms with E-state index in [9.17, 15) is 18.0 Å². The average Bonchev–Trinajstić information content (AvgIpc) is 3.13. The Balaban J connectivity index is 1.69. The smallest absolute Gasteiger partial charge is 0.291 e. The summed E-state index contributed by atoms with van der Waals surface area (Å²) in [4.78, 5) is 23.1. The minimum absolute atomic E-state index is 0.0650. The molecule has 0 atom stereocenters. The van der Waals surface area contributed by atoms with Crippen LogP contribution < -0.4 is 15.4 Å². The summed E-state index contributed by atoms with van der Waals surface area (Å²) < 4.78 is 27.0. The first kappa shape index (κ1) is 19.5. The van der Waals surface area contributed by atoms with E-state index in [1.807, 2.05) is 0 Å². The van der Waals surface area contributed by atoms with Gasteiger partial charge in [0.05, 0.1) is 0 Å². The van der Waals surface area contributed by atoms with Crippen LogP contribution in [-0.2, 0) is 14.8 Å². The maximum atomic E-state index is 12.4. The van der Waals surface area contributed by atoms with Crippen molar-refractivity contribution in [1.29, 1.82) is 0 Å². The first-order valence-corrected chi connectivity index (χ1v) is 10.2. The highest BCUT2D eigenvalue weighted by Gasteiger charge is 2.21. The van der Waals surface area contributed by atoms with E-state index in [-0.39, 0.29) is 15.4 Å². The Hall–Kier alpha value is -3.31. The third-order valence-electron chi connectivity index (χ3n) is 3.35. The fourth-order valence-corrected chi connectivity index (χ4v) is 4.11.